The molecule has 1 aromatic heterocycles. The number of fused-ring (bicyclic) bond motifs is 1. The monoisotopic (exact) mass is 370 g/mol. The molecular formula is C23H18N2O3. The van der Waals surface area contributed by atoms with Gasteiger partial charge in [-0.15, -0.1) is 0 Å². The molecular weight excluding hydrogens is 352 g/mol. The lowest BCUT2D eigenvalue weighted by Gasteiger charge is -2.25. The number of amides is 1. The highest BCUT2D eigenvalue weighted by Crippen LogP contribution is 2.16. The predicted octanol–water partition coefficient (Wildman–Crippen LogP) is 4.14. The van der Waals surface area contributed by atoms with Gasteiger partial charge in [0.15, 0.2) is 0 Å². The molecule has 28 heavy (non-hydrogen) atoms. The van der Waals surface area contributed by atoms with Crippen LogP contribution in [-0.4, -0.2) is 5.91 Å². The normalized spacial score (nSPS) is 10.6. The summed E-state index contributed by atoms with van der Waals surface area (Å²) in [6.45, 7) is 0.454. The zero-order valence-electron chi connectivity index (χ0n) is 15.0. The average Bonchev–Trinajstić information content (AvgIpc) is 2.74. The molecule has 0 radical (unpaired) electrons. The van der Waals surface area contributed by atoms with Crippen molar-refractivity contribution in [2.24, 2.45) is 0 Å². The third kappa shape index (κ3) is 3.78. The minimum Gasteiger partial charge on any atom is -0.422 e. The molecule has 138 valence electrons. The first-order valence-electron chi connectivity index (χ1n) is 8.91. The van der Waals surface area contributed by atoms with Crippen LogP contribution in [0.15, 0.2) is 100 Å². The molecule has 0 atom stereocenters. The van der Waals surface area contributed by atoms with Gasteiger partial charge in [-0.1, -0.05) is 66.7 Å². The summed E-state index contributed by atoms with van der Waals surface area (Å²) in [6, 6.07) is 27.9. The lowest BCUT2D eigenvalue weighted by molar-refractivity contribution is 0.0944. The highest BCUT2D eigenvalue weighted by molar-refractivity contribution is 5.97. The number of nitrogens with zero attached hydrogens (tertiary/aromatic N) is 1. The SMILES string of the molecule is O=C(NN(Cc1ccccc1)c1ccccc1)c1cc2ccccc2oc1=O. The Morgan fingerprint density at radius 1 is 0.857 bits per heavy atom. The van der Waals surface area contributed by atoms with Crippen molar-refractivity contribution in [2.45, 2.75) is 6.54 Å². The van der Waals surface area contributed by atoms with E-state index in [4.69, 9.17) is 4.42 Å². The molecule has 4 aromatic rings. The van der Waals surface area contributed by atoms with Gasteiger partial charge in [-0.05, 0) is 29.8 Å². The zero-order valence-corrected chi connectivity index (χ0v) is 15.0. The van der Waals surface area contributed by atoms with Gasteiger partial charge in [0.2, 0.25) is 0 Å². The zero-order chi connectivity index (χ0) is 19.3. The second-order valence-electron chi connectivity index (χ2n) is 6.33. The molecule has 0 aliphatic heterocycles. The number of carbonyl (C=O) groups is 1. The molecule has 5 heteroatoms. The molecule has 1 amide bonds. The van der Waals surface area contributed by atoms with E-state index in [1.54, 1.807) is 29.3 Å². The Bertz CT molecular complexity index is 1150. The maximum Gasteiger partial charge on any atom is 0.349 e. The van der Waals surface area contributed by atoms with Gasteiger partial charge in [0.25, 0.3) is 5.91 Å². The second kappa shape index (κ2) is 7.80. The van der Waals surface area contributed by atoms with E-state index in [-0.39, 0.29) is 5.56 Å². The fourth-order valence-corrected chi connectivity index (χ4v) is 2.97. The Morgan fingerprint density at radius 3 is 2.25 bits per heavy atom. The standard InChI is InChI=1S/C23H18N2O3/c26-22(20-15-18-11-7-8-14-21(18)28-23(20)27)24-25(19-12-5-2-6-13-19)16-17-9-3-1-4-10-17/h1-15H,16H2,(H,24,26). The predicted molar refractivity (Wildman–Crippen MR) is 109 cm³/mol. The van der Waals surface area contributed by atoms with Gasteiger partial charge in [0.05, 0.1) is 12.2 Å². The lowest BCUT2D eigenvalue weighted by atomic mass is 10.2. The molecule has 0 spiro atoms. The Morgan fingerprint density at radius 2 is 1.50 bits per heavy atom. The Balaban J connectivity index is 1.65. The van der Waals surface area contributed by atoms with Crippen molar-refractivity contribution in [2.75, 3.05) is 5.01 Å². The van der Waals surface area contributed by atoms with Crippen molar-refractivity contribution >= 4 is 22.6 Å². The summed E-state index contributed by atoms with van der Waals surface area (Å²) in [7, 11) is 0. The molecule has 0 saturated carbocycles. The highest BCUT2D eigenvalue weighted by Gasteiger charge is 2.17. The van der Waals surface area contributed by atoms with E-state index < -0.39 is 11.5 Å². The number of hydrogen-bond acceptors (Lipinski definition) is 4. The summed E-state index contributed by atoms with van der Waals surface area (Å²) >= 11 is 0. The van der Waals surface area contributed by atoms with Crippen LogP contribution in [0.25, 0.3) is 11.0 Å². The van der Waals surface area contributed by atoms with Crippen LogP contribution in [0.3, 0.4) is 0 Å². The lowest BCUT2D eigenvalue weighted by Crippen LogP contribution is -2.43. The number of benzene rings is 3. The number of hydrogen-bond donors (Lipinski definition) is 1. The summed E-state index contributed by atoms with van der Waals surface area (Å²) in [4.78, 5) is 25.2. The van der Waals surface area contributed by atoms with Gasteiger partial charge in [-0.25, -0.2) is 4.79 Å². The van der Waals surface area contributed by atoms with E-state index in [0.29, 0.717) is 17.5 Å². The van der Waals surface area contributed by atoms with Crippen LogP contribution in [0.1, 0.15) is 15.9 Å². The molecule has 0 aliphatic rings. The minimum absolute atomic E-state index is 0.0345. The topological polar surface area (TPSA) is 62.6 Å². The van der Waals surface area contributed by atoms with Gasteiger partial charge < -0.3 is 4.42 Å². The van der Waals surface area contributed by atoms with Crippen LogP contribution < -0.4 is 16.1 Å². The third-order valence-corrected chi connectivity index (χ3v) is 4.37. The van der Waals surface area contributed by atoms with E-state index in [2.05, 4.69) is 5.43 Å². The maximum atomic E-state index is 12.9. The summed E-state index contributed by atoms with van der Waals surface area (Å²) in [6.07, 6.45) is 0. The highest BCUT2D eigenvalue weighted by atomic mass is 16.4. The fourth-order valence-electron chi connectivity index (χ4n) is 2.97. The number of hydrazine groups is 1. The van der Waals surface area contributed by atoms with Crippen molar-refractivity contribution < 1.29 is 9.21 Å². The quantitative estimate of drug-likeness (QED) is 0.424. The average molecular weight is 370 g/mol. The number of rotatable bonds is 5. The number of anilines is 1. The molecule has 0 bridgehead atoms. The van der Waals surface area contributed by atoms with Crippen molar-refractivity contribution in [1.29, 1.82) is 0 Å². The molecule has 1 N–H and O–H groups in total. The molecule has 4 rings (SSSR count). The van der Waals surface area contributed by atoms with E-state index in [0.717, 1.165) is 11.3 Å². The summed E-state index contributed by atoms with van der Waals surface area (Å²) in [5.41, 5.74) is 4.43. The Kier molecular flexibility index (Phi) is 4.89. The summed E-state index contributed by atoms with van der Waals surface area (Å²) < 4.78 is 5.28. The van der Waals surface area contributed by atoms with Gasteiger partial charge in [0.1, 0.15) is 11.1 Å². The van der Waals surface area contributed by atoms with Crippen LogP contribution in [-0.2, 0) is 6.54 Å². The van der Waals surface area contributed by atoms with E-state index in [1.807, 2.05) is 66.7 Å². The molecule has 0 unspecified atom stereocenters. The first kappa shape index (κ1) is 17.5. The van der Waals surface area contributed by atoms with Crippen LogP contribution in [0, 0.1) is 0 Å². The largest absolute Gasteiger partial charge is 0.422 e. The third-order valence-electron chi connectivity index (χ3n) is 4.37. The van der Waals surface area contributed by atoms with Gasteiger partial charge in [-0.2, -0.15) is 0 Å². The van der Waals surface area contributed by atoms with Gasteiger partial charge in [0, 0.05) is 5.39 Å². The Hall–Kier alpha value is -3.86. The molecule has 1 heterocycles. The van der Waals surface area contributed by atoms with E-state index in [9.17, 15) is 9.59 Å². The van der Waals surface area contributed by atoms with Crippen molar-refractivity contribution in [3.8, 4) is 0 Å². The molecule has 0 saturated heterocycles. The van der Waals surface area contributed by atoms with Crippen LogP contribution >= 0.6 is 0 Å². The summed E-state index contributed by atoms with van der Waals surface area (Å²) in [5, 5.41) is 2.41. The molecule has 0 aliphatic carbocycles. The van der Waals surface area contributed by atoms with E-state index in [1.165, 1.54) is 0 Å². The molecule has 5 nitrogen and oxygen atoms in total. The van der Waals surface area contributed by atoms with Gasteiger partial charge >= 0.3 is 5.63 Å². The number of para-hydroxylation sites is 2. The number of carbonyl (C=O) groups excluding carboxylic acids is 1. The van der Waals surface area contributed by atoms with Gasteiger partial charge in [-0.3, -0.25) is 15.2 Å². The fraction of sp³-hybridized carbons (Fsp3) is 0.0435. The second-order valence-corrected chi connectivity index (χ2v) is 6.33. The first-order chi connectivity index (χ1) is 13.7. The first-order valence-corrected chi connectivity index (χ1v) is 8.91. The van der Waals surface area contributed by atoms with Crippen molar-refractivity contribution in [1.82, 2.24) is 5.43 Å². The van der Waals surface area contributed by atoms with E-state index >= 15 is 0 Å². The van der Waals surface area contributed by atoms with Crippen LogP contribution in [0.4, 0.5) is 5.69 Å². The van der Waals surface area contributed by atoms with Crippen molar-refractivity contribution in [3.63, 3.8) is 0 Å². The summed E-state index contributed by atoms with van der Waals surface area (Å²) in [5.74, 6) is -0.515. The number of nitrogens with one attached hydrogen (secondary N) is 1. The smallest absolute Gasteiger partial charge is 0.349 e. The van der Waals surface area contributed by atoms with Crippen molar-refractivity contribution in [3.05, 3.63) is 113 Å². The maximum absolute atomic E-state index is 12.9. The molecule has 3 aromatic carbocycles. The molecule has 0 fully saturated rings. The van der Waals surface area contributed by atoms with Crippen LogP contribution in [0.2, 0.25) is 0 Å². The minimum atomic E-state index is -0.663. The Labute approximate surface area is 161 Å². The van der Waals surface area contributed by atoms with Crippen LogP contribution in [0.5, 0.6) is 0 Å².